The van der Waals surface area contributed by atoms with E-state index < -0.39 is 6.16 Å². The summed E-state index contributed by atoms with van der Waals surface area (Å²) in [5.41, 5.74) is 1.15. The van der Waals surface area contributed by atoms with Crippen LogP contribution in [0.15, 0.2) is 30.3 Å². The Morgan fingerprint density at radius 3 is 1.81 bits per heavy atom. The van der Waals surface area contributed by atoms with Crippen LogP contribution in [0.5, 0.6) is 0 Å². The third kappa shape index (κ3) is 30.1. The third-order valence-electron chi connectivity index (χ3n) is 8.30. The number of hydrogen-bond donors (Lipinski definition) is 1. The van der Waals surface area contributed by atoms with Gasteiger partial charge in [0.1, 0.15) is 12.2 Å². The Kier molecular flexibility index (Phi) is 34.3. The SMILES string of the molecule is CCCCCCCCCC(CCCCCC)OC(=O)OCCCCCCOCC(COCc1ccccc1)OCCCCCCO.O. The molecule has 0 aliphatic carbocycles. The average Bonchev–Trinajstić information content (AvgIpc) is 3.07. The number of aliphatic hydroxyl groups is 1. The van der Waals surface area contributed by atoms with Crippen LogP contribution in [0, 0.1) is 0 Å². The molecule has 1 aromatic rings. The molecule has 0 amide bonds. The van der Waals surface area contributed by atoms with Gasteiger partial charge < -0.3 is 34.3 Å². The van der Waals surface area contributed by atoms with Gasteiger partial charge in [-0.3, -0.25) is 0 Å². The predicted octanol–water partition coefficient (Wildman–Crippen LogP) is 9.53. The van der Waals surface area contributed by atoms with Gasteiger partial charge >= 0.3 is 6.16 Å². The van der Waals surface area contributed by atoms with Crippen LogP contribution < -0.4 is 0 Å². The second kappa shape index (κ2) is 35.6. The minimum absolute atomic E-state index is 0. The summed E-state index contributed by atoms with van der Waals surface area (Å²) in [4.78, 5) is 12.4. The second-order valence-corrected chi connectivity index (χ2v) is 12.7. The zero-order valence-electron chi connectivity index (χ0n) is 30.2. The third-order valence-corrected chi connectivity index (χ3v) is 8.30. The van der Waals surface area contributed by atoms with E-state index in [2.05, 4.69) is 26.0 Å². The molecule has 1 aromatic carbocycles. The molecule has 3 N–H and O–H groups in total. The van der Waals surface area contributed by atoms with Gasteiger partial charge in [-0.05, 0) is 63.4 Å². The molecule has 8 nitrogen and oxygen atoms in total. The summed E-state index contributed by atoms with van der Waals surface area (Å²) in [5, 5.41) is 8.95. The molecule has 2 unspecified atom stereocenters. The number of unbranched alkanes of at least 4 members (excludes halogenated alkanes) is 15. The summed E-state index contributed by atoms with van der Waals surface area (Å²) in [6.07, 6.45) is 22.7. The van der Waals surface area contributed by atoms with E-state index in [0.29, 0.717) is 39.6 Å². The highest BCUT2D eigenvalue weighted by atomic mass is 16.7. The average molecular weight is 669 g/mol. The Labute approximate surface area is 287 Å². The van der Waals surface area contributed by atoms with Crippen LogP contribution in [0.25, 0.3) is 0 Å². The first-order valence-corrected chi connectivity index (χ1v) is 18.9. The Hall–Kier alpha value is -1.71. The maximum Gasteiger partial charge on any atom is 0.508 e. The Balaban J connectivity index is 0.0000212. The standard InChI is InChI=1S/C39H70O7.H2O/c1-3-5-7-9-10-11-20-28-37(27-19-8-6-4-2)46-39(41)45-32-24-15-14-22-30-42-34-38(44-31-23-13-12-21-29-40)35-43-33-36-25-17-16-18-26-36;/h16-18,25-26,37-38,40H,3-15,19-24,27-35H2,1-2H3;1H2. The largest absolute Gasteiger partial charge is 0.508 e. The first-order chi connectivity index (χ1) is 22.7. The maximum absolute atomic E-state index is 12.4. The van der Waals surface area contributed by atoms with Gasteiger partial charge in [-0.25, -0.2) is 4.79 Å². The number of hydrogen-bond acceptors (Lipinski definition) is 7. The fraction of sp³-hybridized carbons (Fsp3) is 0.821. The van der Waals surface area contributed by atoms with Crippen molar-refractivity contribution in [1.82, 2.24) is 0 Å². The van der Waals surface area contributed by atoms with Crippen molar-refractivity contribution in [3.05, 3.63) is 35.9 Å². The van der Waals surface area contributed by atoms with Gasteiger partial charge in [-0.2, -0.15) is 0 Å². The van der Waals surface area contributed by atoms with Crippen molar-refractivity contribution in [2.24, 2.45) is 0 Å². The molecule has 0 saturated carbocycles. The van der Waals surface area contributed by atoms with Gasteiger partial charge in [0.05, 0.1) is 26.4 Å². The van der Waals surface area contributed by atoms with Crippen molar-refractivity contribution in [1.29, 1.82) is 0 Å². The van der Waals surface area contributed by atoms with Crippen molar-refractivity contribution < 1.29 is 39.1 Å². The molecule has 276 valence electrons. The van der Waals surface area contributed by atoms with Crippen LogP contribution in [0.2, 0.25) is 0 Å². The molecule has 2 atom stereocenters. The van der Waals surface area contributed by atoms with E-state index in [1.807, 2.05) is 18.2 Å². The fourth-order valence-corrected chi connectivity index (χ4v) is 5.43. The Morgan fingerprint density at radius 1 is 0.617 bits per heavy atom. The normalized spacial score (nSPS) is 12.4. The summed E-state index contributed by atoms with van der Waals surface area (Å²) in [5.74, 6) is 0. The van der Waals surface area contributed by atoms with Crippen molar-refractivity contribution in [2.45, 2.75) is 167 Å². The van der Waals surface area contributed by atoms with Crippen molar-refractivity contribution in [3.8, 4) is 0 Å². The lowest BCUT2D eigenvalue weighted by Gasteiger charge is -2.18. The zero-order chi connectivity index (χ0) is 33.2. The number of aliphatic hydroxyl groups excluding tert-OH is 1. The fourth-order valence-electron chi connectivity index (χ4n) is 5.43. The van der Waals surface area contributed by atoms with Gasteiger partial charge in [0.2, 0.25) is 0 Å². The lowest BCUT2D eigenvalue weighted by Crippen LogP contribution is -2.26. The van der Waals surface area contributed by atoms with Crippen molar-refractivity contribution in [2.75, 3.05) is 39.6 Å². The minimum Gasteiger partial charge on any atom is -0.434 e. The van der Waals surface area contributed by atoms with Gasteiger partial charge in [0.15, 0.2) is 0 Å². The van der Waals surface area contributed by atoms with Crippen LogP contribution in [0.3, 0.4) is 0 Å². The van der Waals surface area contributed by atoms with Gasteiger partial charge in [-0.1, -0.05) is 121 Å². The van der Waals surface area contributed by atoms with E-state index in [4.69, 9.17) is 28.8 Å². The molecule has 0 aliphatic heterocycles. The molecule has 0 bridgehead atoms. The van der Waals surface area contributed by atoms with Crippen molar-refractivity contribution >= 4 is 6.16 Å². The molecule has 0 aromatic heterocycles. The lowest BCUT2D eigenvalue weighted by atomic mass is 10.0. The number of carbonyl (C=O) groups excluding carboxylic acids is 1. The molecule has 0 spiro atoms. The highest BCUT2D eigenvalue weighted by Crippen LogP contribution is 2.17. The zero-order valence-corrected chi connectivity index (χ0v) is 30.2. The van der Waals surface area contributed by atoms with Gasteiger partial charge in [-0.15, -0.1) is 0 Å². The van der Waals surface area contributed by atoms with Crippen LogP contribution in [-0.4, -0.2) is 68.6 Å². The number of carbonyl (C=O) groups is 1. The Bertz CT molecular complexity index is 763. The van der Waals surface area contributed by atoms with E-state index in [1.54, 1.807) is 0 Å². The number of benzene rings is 1. The monoisotopic (exact) mass is 669 g/mol. The summed E-state index contributed by atoms with van der Waals surface area (Å²) in [6, 6.07) is 10.2. The Morgan fingerprint density at radius 2 is 1.15 bits per heavy atom. The van der Waals surface area contributed by atoms with E-state index in [-0.39, 0.29) is 24.3 Å². The molecule has 1 rings (SSSR count). The molecular formula is C39H72O8. The van der Waals surface area contributed by atoms with E-state index in [1.165, 1.54) is 57.8 Å². The molecule has 8 heteroatoms. The van der Waals surface area contributed by atoms with Crippen LogP contribution in [-0.2, 0) is 30.3 Å². The van der Waals surface area contributed by atoms with E-state index in [0.717, 1.165) is 82.6 Å². The summed E-state index contributed by atoms with van der Waals surface area (Å²) in [6.45, 7) is 8.06. The molecule has 0 radical (unpaired) electrons. The topological polar surface area (TPSA) is 115 Å². The highest BCUT2D eigenvalue weighted by molar-refractivity contribution is 5.60. The van der Waals surface area contributed by atoms with Crippen LogP contribution in [0.4, 0.5) is 4.79 Å². The highest BCUT2D eigenvalue weighted by Gasteiger charge is 2.15. The molecular weight excluding hydrogens is 596 g/mol. The summed E-state index contributed by atoms with van der Waals surface area (Å²) in [7, 11) is 0. The molecule has 47 heavy (non-hydrogen) atoms. The van der Waals surface area contributed by atoms with Crippen LogP contribution >= 0.6 is 0 Å². The number of ether oxygens (including phenoxy) is 5. The minimum atomic E-state index is -0.499. The smallest absolute Gasteiger partial charge is 0.434 e. The summed E-state index contributed by atoms with van der Waals surface area (Å²) < 4.78 is 29.1. The first kappa shape index (κ1) is 45.3. The van der Waals surface area contributed by atoms with Crippen molar-refractivity contribution in [3.63, 3.8) is 0 Å². The molecule has 0 heterocycles. The number of rotatable bonds is 34. The van der Waals surface area contributed by atoms with Crippen LogP contribution in [0.1, 0.15) is 154 Å². The van der Waals surface area contributed by atoms with Gasteiger partial charge in [0, 0.05) is 19.8 Å². The predicted molar refractivity (Wildman–Crippen MR) is 192 cm³/mol. The van der Waals surface area contributed by atoms with E-state index in [9.17, 15) is 4.79 Å². The quantitative estimate of drug-likeness (QED) is 0.0574. The molecule has 0 aliphatic rings. The molecule has 0 saturated heterocycles. The van der Waals surface area contributed by atoms with E-state index >= 15 is 0 Å². The lowest BCUT2D eigenvalue weighted by molar-refractivity contribution is -0.0645. The maximum atomic E-state index is 12.4. The van der Waals surface area contributed by atoms with Gasteiger partial charge in [0.25, 0.3) is 0 Å². The first-order valence-electron chi connectivity index (χ1n) is 18.9. The second-order valence-electron chi connectivity index (χ2n) is 12.7. The molecule has 0 fully saturated rings. The summed E-state index contributed by atoms with van der Waals surface area (Å²) >= 11 is 0.